The first-order valence-corrected chi connectivity index (χ1v) is 21.9. The van der Waals surface area contributed by atoms with Gasteiger partial charge in [-0.05, 0) is 88.8 Å². The third-order valence-electron chi connectivity index (χ3n) is 12.4. The number of alkyl halides is 3. The molecular weight excluding hydrogens is 794 g/mol. The number of rotatable bonds is 7. The third-order valence-corrected chi connectivity index (χ3v) is 14.5. The minimum atomic E-state index is -4.90. The van der Waals surface area contributed by atoms with Crippen LogP contribution in [0, 0.1) is 24.2 Å². The van der Waals surface area contributed by atoms with E-state index < -0.39 is 79.6 Å². The fourth-order valence-corrected chi connectivity index (χ4v) is 9.87. The van der Waals surface area contributed by atoms with Gasteiger partial charge < -0.3 is 24.4 Å². The van der Waals surface area contributed by atoms with E-state index >= 15 is 0 Å². The minimum Gasteiger partial charge on any atom is -0.483 e. The molecule has 7 rings (SSSR count). The second kappa shape index (κ2) is 15.2. The van der Waals surface area contributed by atoms with Crippen molar-refractivity contribution < 1.29 is 55.0 Å². The highest BCUT2D eigenvalue weighted by molar-refractivity contribution is 7.91. The number of carbonyl (C=O) groups is 4. The van der Waals surface area contributed by atoms with Crippen LogP contribution in [0.4, 0.5) is 13.2 Å². The molecule has 2 aliphatic carbocycles. The van der Waals surface area contributed by atoms with E-state index in [-0.39, 0.29) is 44.2 Å². The van der Waals surface area contributed by atoms with Gasteiger partial charge in [0.2, 0.25) is 21.8 Å². The van der Waals surface area contributed by atoms with Crippen LogP contribution in [0.1, 0.15) is 110 Å². The number of aromatic nitrogens is 1. The Hall–Kier alpha value is -4.41. The van der Waals surface area contributed by atoms with Crippen molar-refractivity contribution in [2.45, 2.75) is 140 Å². The van der Waals surface area contributed by atoms with Gasteiger partial charge in [0.05, 0.1) is 35.5 Å². The molecule has 13 nitrogen and oxygen atoms in total. The lowest BCUT2D eigenvalue weighted by molar-refractivity contribution is -0.274. The molecule has 1 saturated heterocycles. The first-order valence-electron chi connectivity index (χ1n) is 20.4. The molecule has 3 amide bonds. The summed E-state index contributed by atoms with van der Waals surface area (Å²) in [6, 6.07) is 2.72. The maximum absolute atomic E-state index is 14.8. The number of nitrogens with one attached hydrogen (secondary N) is 2. The predicted molar refractivity (Wildman–Crippen MR) is 209 cm³/mol. The molecule has 322 valence electrons. The highest BCUT2D eigenvalue weighted by Crippen LogP contribution is 2.49. The van der Waals surface area contributed by atoms with Crippen molar-refractivity contribution in [1.29, 1.82) is 0 Å². The van der Waals surface area contributed by atoms with E-state index in [4.69, 9.17) is 9.47 Å². The lowest BCUT2D eigenvalue weighted by Crippen LogP contribution is -2.57. The Morgan fingerprint density at radius 3 is 2.53 bits per heavy atom. The Bertz CT molecular complexity index is 2180. The topological polar surface area (TPSA) is 170 Å². The van der Waals surface area contributed by atoms with Gasteiger partial charge in [-0.1, -0.05) is 45.8 Å². The van der Waals surface area contributed by atoms with Crippen molar-refractivity contribution in [3.05, 3.63) is 41.6 Å². The number of sulfonamides is 1. The lowest BCUT2D eigenvalue weighted by Gasteiger charge is -2.36. The van der Waals surface area contributed by atoms with Crippen molar-refractivity contribution in [3.8, 4) is 11.5 Å². The number of fused-ring (bicyclic) bond motifs is 5. The SMILES string of the molecule is Cc1nc2ccc(OC(F)(F)F)cc2c2c1O[C@]1(CC2)C[C@H]2C(=O)N[C@]3(C(=O)NS(=O)(=O)C4(C)CC4)C[C@H]3/C=C\CCCCC[C@H](CC(=O)OCC(C)(C)C)C(=O)N2C1. The highest BCUT2D eigenvalue weighted by atomic mass is 32.2. The van der Waals surface area contributed by atoms with Crippen LogP contribution in [-0.4, -0.2) is 83.4 Å². The first kappa shape index (κ1) is 42.7. The van der Waals surface area contributed by atoms with Crippen molar-refractivity contribution >= 4 is 44.6 Å². The van der Waals surface area contributed by atoms with Crippen LogP contribution >= 0.6 is 0 Å². The van der Waals surface area contributed by atoms with Gasteiger partial charge in [-0.3, -0.25) is 23.9 Å². The van der Waals surface area contributed by atoms with Gasteiger partial charge in [-0.15, -0.1) is 13.2 Å². The summed E-state index contributed by atoms with van der Waals surface area (Å²) in [6.07, 6.45) is 3.34. The molecule has 4 heterocycles. The van der Waals surface area contributed by atoms with E-state index in [0.717, 1.165) is 12.8 Å². The normalized spacial score (nSPS) is 28.8. The number of hydrogen-bond donors (Lipinski definition) is 2. The van der Waals surface area contributed by atoms with Crippen LogP contribution in [0.2, 0.25) is 0 Å². The largest absolute Gasteiger partial charge is 0.573 e. The number of carbonyl (C=O) groups excluding carboxylic acids is 4. The van der Waals surface area contributed by atoms with Gasteiger partial charge in [0, 0.05) is 29.2 Å². The molecule has 0 bridgehead atoms. The van der Waals surface area contributed by atoms with E-state index in [1.165, 1.54) is 23.1 Å². The van der Waals surface area contributed by atoms with Crippen LogP contribution in [0.3, 0.4) is 0 Å². The molecule has 3 aliphatic heterocycles. The zero-order valence-corrected chi connectivity index (χ0v) is 34.9. The molecule has 1 spiro atoms. The summed E-state index contributed by atoms with van der Waals surface area (Å²) in [5, 5.41) is 3.30. The van der Waals surface area contributed by atoms with Gasteiger partial charge in [-0.25, -0.2) is 13.4 Å². The molecule has 2 N–H and O–H groups in total. The number of halogens is 3. The third kappa shape index (κ3) is 9.04. The number of allylic oxidation sites excluding steroid dienone is 1. The van der Waals surface area contributed by atoms with E-state index in [1.807, 2.05) is 32.9 Å². The second-order valence-electron chi connectivity index (χ2n) is 18.5. The van der Waals surface area contributed by atoms with E-state index in [9.17, 15) is 40.8 Å². The van der Waals surface area contributed by atoms with Gasteiger partial charge in [-0.2, -0.15) is 0 Å². The quantitative estimate of drug-likeness (QED) is 0.246. The Kier molecular flexibility index (Phi) is 11.0. The minimum absolute atomic E-state index is 0.0194. The summed E-state index contributed by atoms with van der Waals surface area (Å²) in [6.45, 7) is 9.13. The summed E-state index contributed by atoms with van der Waals surface area (Å²) in [5.41, 5.74) is -1.53. The van der Waals surface area contributed by atoms with E-state index in [2.05, 4.69) is 19.8 Å². The number of esters is 1. The van der Waals surface area contributed by atoms with Crippen molar-refractivity contribution in [2.24, 2.45) is 17.3 Å². The molecule has 0 radical (unpaired) electrons. The number of pyridine rings is 1. The van der Waals surface area contributed by atoms with Gasteiger partial charge in [0.1, 0.15) is 28.7 Å². The Morgan fingerprint density at radius 1 is 1.08 bits per heavy atom. The summed E-state index contributed by atoms with van der Waals surface area (Å²) in [5.74, 6) is -3.91. The monoisotopic (exact) mass is 846 g/mol. The molecule has 5 aliphatic rings. The van der Waals surface area contributed by atoms with Crippen molar-refractivity contribution in [1.82, 2.24) is 19.9 Å². The van der Waals surface area contributed by atoms with E-state index in [1.54, 1.807) is 13.8 Å². The number of amides is 3. The molecule has 5 atom stereocenters. The first-order chi connectivity index (χ1) is 27.5. The molecule has 3 fully saturated rings. The van der Waals surface area contributed by atoms with Crippen LogP contribution in [0.5, 0.6) is 11.5 Å². The average molecular weight is 847 g/mol. The molecule has 59 heavy (non-hydrogen) atoms. The van der Waals surface area contributed by atoms with Crippen LogP contribution in [-0.2, 0) is 40.4 Å². The fraction of sp³-hybridized carbons (Fsp3) is 0.643. The Morgan fingerprint density at radius 2 is 1.83 bits per heavy atom. The maximum atomic E-state index is 14.8. The smallest absolute Gasteiger partial charge is 0.483 e. The van der Waals surface area contributed by atoms with Gasteiger partial charge in [0.15, 0.2) is 0 Å². The molecule has 2 saturated carbocycles. The van der Waals surface area contributed by atoms with Gasteiger partial charge in [0.25, 0.3) is 5.91 Å². The summed E-state index contributed by atoms with van der Waals surface area (Å²) in [4.78, 5) is 62.7. The lowest BCUT2D eigenvalue weighted by atomic mass is 9.87. The molecule has 1 aromatic heterocycles. The molecule has 2 aromatic rings. The Labute approximate surface area is 342 Å². The molecular formula is C42H53F3N4O9S. The zero-order chi connectivity index (χ0) is 42.8. The molecule has 1 aromatic carbocycles. The number of hydrogen-bond acceptors (Lipinski definition) is 10. The Balaban J connectivity index is 1.23. The van der Waals surface area contributed by atoms with Crippen LogP contribution in [0.15, 0.2) is 30.4 Å². The van der Waals surface area contributed by atoms with Crippen LogP contribution in [0.25, 0.3) is 10.9 Å². The fourth-order valence-electron chi connectivity index (χ4n) is 8.56. The number of aryl methyl sites for hydroxylation is 2. The van der Waals surface area contributed by atoms with Crippen LogP contribution < -0.4 is 19.5 Å². The second-order valence-corrected chi connectivity index (χ2v) is 20.7. The highest BCUT2D eigenvalue weighted by Gasteiger charge is 2.64. The zero-order valence-electron chi connectivity index (χ0n) is 34.1. The average Bonchev–Trinajstić information content (AvgIpc) is 4.03. The van der Waals surface area contributed by atoms with Crippen molar-refractivity contribution in [3.63, 3.8) is 0 Å². The van der Waals surface area contributed by atoms with Crippen molar-refractivity contribution in [2.75, 3.05) is 13.2 Å². The van der Waals surface area contributed by atoms with E-state index in [0.29, 0.717) is 66.4 Å². The summed E-state index contributed by atoms with van der Waals surface area (Å²) >= 11 is 0. The number of benzene rings is 1. The maximum Gasteiger partial charge on any atom is 0.573 e. The number of ether oxygens (including phenoxy) is 3. The summed E-state index contributed by atoms with van der Waals surface area (Å²) in [7, 11) is -4.04. The van der Waals surface area contributed by atoms with Gasteiger partial charge >= 0.3 is 12.3 Å². The summed E-state index contributed by atoms with van der Waals surface area (Å²) < 4.78 is 83.6. The standard InChI is InChI=1S/C42H53F3N4O9S/c1-25-34-29(30-20-28(57-42(43,44)45)13-14-31(30)46-25)15-16-40(58-34)22-32-35(51)47-41(37(53)48-59(54,55)39(5)17-18-39)21-27(41)12-10-8-6-7-9-11-26(36(52)49(32)23-40)19-33(50)56-24-38(2,3)4/h10,12-14,20,26-27,32H,6-9,11,15-19,21-24H2,1-5H3,(H,47,51)(H,48,53)/b12-10-/t26-,27-,32+,40-,41-/m1/s1. The number of nitrogens with zero attached hydrogens (tertiary/aromatic N) is 2. The molecule has 17 heteroatoms. The molecule has 0 unspecified atom stereocenters. The predicted octanol–water partition coefficient (Wildman–Crippen LogP) is 6.10.